The quantitative estimate of drug-likeness (QED) is 0.822. The molecule has 6 nitrogen and oxygen atoms in total. The highest BCUT2D eigenvalue weighted by Gasteiger charge is 2.08. The molecule has 0 bridgehead atoms. The molecule has 1 aromatic heterocycles. The van der Waals surface area contributed by atoms with Crippen LogP contribution in [0.25, 0.3) is 0 Å². The molecule has 0 aliphatic rings. The van der Waals surface area contributed by atoms with Crippen LogP contribution >= 0.6 is 0 Å². The lowest BCUT2D eigenvalue weighted by Crippen LogP contribution is -2.24. The van der Waals surface area contributed by atoms with Crippen LogP contribution in [0.1, 0.15) is 23.8 Å². The van der Waals surface area contributed by atoms with E-state index in [4.69, 9.17) is 9.47 Å². The number of carbonyl (C=O) groups is 1. The van der Waals surface area contributed by atoms with Crippen LogP contribution < -0.4 is 20.1 Å². The summed E-state index contributed by atoms with van der Waals surface area (Å²) in [7, 11) is 3.21. The van der Waals surface area contributed by atoms with Crippen molar-refractivity contribution in [2.45, 2.75) is 13.3 Å². The van der Waals surface area contributed by atoms with E-state index in [1.54, 1.807) is 32.5 Å². The Bertz CT molecular complexity index is 657. The Balaban J connectivity index is 2.13. The number of rotatable bonds is 7. The zero-order chi connectivity index (χ0) is 16.7. The molecule has 6 heteroatoms. The van der Waals surface area contributed by atoms with Crippen molar-refractivity contribution in [2.75, 3.05) is 26.1 Å². The Morgan fingerprint density at radius 1 is 1.17 bits per heavy atom. The van der Waals surface area contributed by atoms with Crippen molar-refractivity contribution in [2.24, 2.45) is 0 Å². The Labute approximate surface area is 135 Å². The van der Waals surface area contributed by atoms with Crippen LogP contribution in [0.15, 0.2) is 36.5 Å². The zero-order valence-electron chi connectivity index (χ0n) is 13.6. The van der Waals surface area contributed by atoms with E-state index in [2.05, 4.69) is 15.6 Å². The second-order valence-corrected chi connectivity index (χ2v) is 4.88. The summed E-state index contributed by atoms with van der Waals surface area (Å²) in [5.41, 5.74) is 1.90. The van der Waals surface area contributed by atoms with Gasteiger partial charge in [-0.3, -0.25) is 4.79 Å². The summed E-state index contributed by atoms with van der Waals surface area (Å²) in [5.74, 6) is 1.24. The summed E-state index contributed by atoms with van der Waals surface area (Å²) in [6.07, 6.45) is 2.50. The number of anilines is 2. The Kier molecular flexibility index (Phi) is 5.80. The van der Waals surface area contributed by atoms with Crippen LogP contribution in [0.2, 0.25) is 0 Å². The van der Waals surface area contributed by atoms with Crippen molar-refractivity contribution in [1.29, 1.82) is 0 Å². The number of amides is 1. The van der Waals surface area contributed by atoms with Gasteiger partial charge in [0, 0.05) is 12.6 Å². The van der Waals surface area contributed by atoms with Gasteiger partial charge in [0.25, 0.3) is 5.91 Å². The van der Waals surface area contributed by atoms with E-state index in [0.29, 0.717) is 18.0 Å². The number of benzene rings is 1. The maximum Gasteiger partial charge on any atom is 0.269 e. The van der Waals surface area contributed by atoms with Gasteiger partial charge in [0.1, 0.15) is 17.2 Å². The molecule has 0 saturated heterocycles. The largest absolute Gasteiger partial charge is 0.497 e. The van der Waals surface area contributed by atoms with Crippen molar-refractivity contribution >= 4 is 17.3 Å². The smallest absolute Gasteiger partial charge is 0.269 e. The summed E-state index contributed by atoms with van der Waals surface area (Å²) >= 11 is 0. The number of aromatic nitrogens is 1. The minimum Gasteiger partial charge on any atom is -0.497 e. The number of nitrogens with zero attached hydrogens (tertiary/aromatic N) is 1. The van der Waals surface area contributed by atoms with E-state index in [-0.39, 0.29) is 5.91 Å². The minimum atomic E-state index is -0.169. The topological polar surface area (TPSA) is 72.5 Å². The maximum atomic E-state index is 11.8. The SMILES string of the molecule is CCCNC(=O)c1ccc(Nc2cc(OC)ccc2OC)cn1. The molecule has 23 heavy (non-hydrogen) atoms. The monoisotopic (exact) mass is 315 g/mol. The van der Waals surface area contributed by atoms with Gasteiger partial charge in [-0.05, 0) is 30.7 Å². The average Bonchev–Trinajstić information content (AvgIpc) is 2.60. The average molecular weight is 315 g/mol. The summed E-state index contributed by atoms with van der Waals surface area (Å²) in [5, 5.41) is 6.00. The molecule has 1 heterocycles. The van der Waals surface area contributed by atoms with Gasteiger partial charge in [-0.2, -0.15) is 0 Å². The van der Waals surface area contributed by atoms with Crippen molar-refractivity contribution in [3.63, 3.8) is 0 Å². The van der Waals surface area contributed by atoms with Crippen LogP contribution in [0.3, 0.4) is 0 Å². The van der Waals surface area contributed by atoms with Crippen molar-refractivity contribution in [1.82, 2.24) is 10.3 Å². The molecule has 0 spiro atoms. The van der Waals surface area contributed by atoms with Gasteiger partial charge in [-0.1, -0.05) is 6.92 Å². The fourth-order valence-electron chi connectivity index (χ4n) is 2.00. The number of ether oxygens (including phenoxy) is 2. The van der Waals surface area contributed by atoms with Crippen molar-refractivity contribution < 1.29 is 14.3 Å². The molecule has 0 fully saturated rings. The molecule has 2 rings (SSSR count). The molecule has 2 aromatic rings. The summed E-state index contributed by atoms with van der Waals surface area (Å²) in [6.45, 7) is 2.64. The van der Waals surface area contributed by atoms with Crippen LogP contribution in [-0.4, -0.2) is 31.7 Å². The van der Waals surface area contributed by atoms with E-state index >= 15 is 0 Å². The van der Waals surface area contributed by atoms with Crippen molar-refractivity contribution in [3.05, 3.63) is 42.2 Å². The lowest BCUT2D eigenvalue weighted by atomic mass is 10.2. The molecule has 0 radical (unpaired) electrons. The highest BCUT2D eigenvalue weighted by atomic mass is 16.5. The van der Waals surface area contributed by atoms with Gasteiger partial charge < -0.3 is 20.1 Å². The summed E-state index contributed by atoms with van der Waals surface area (Å²) in [4.78, 5) is 16.0. The van der Waals surface area contributed by atoms with Crippen LogP contribution in [-0.2, 0) is 0 Å². The molecule has 122 valence electrons. The lowest BCUT2D eigenvalue weighted by molar-refractivity contribution is 0.0949. The second kappa shape index (κ2) is 8.03. The minimum absolute atomic E-state index is 0.169. The van der Waals surface area contributed by atoms with Crippen molar-refractivity contribution in [3.8, 4) is 11.5 Å². The summed E-state index contributed by atoms with van der Waals surface area (Å²) in [6, 6.07) is 8.96. The predicted octanol–water partition coefficient (Wildman–Crippen LogP) is 2.98. The molecular formula is C17H21N3O3. The van der Waals surface area contributed by atoms with E-state index in [1.165, 1.54) is 0 Å². The third-order valence-corrected chi connectivity index (χ3v) is 3.22. The molecule has 1 amide bonds. The third kappa shape index (κ3) is 4.35. The van der Waals surface area contributed by atoms with Crippen LogP contribution in [0, 0.1) is 0 Å². The highest BCUT2D eigenvalue weighted by molar-refractivity contribution is 5.92. The molecule has 0 atom stereocenters. The first-order chi connectivity index (χ1) is 11.2. The number of methoxy groups -OCH3 is 2. The Morgan fingerprint density at radius 3 is 2.61 bits per heavy atom. The third-order valence-electron chi connectivity index (χ3n) is 3.22. The summed E-state index contributed by atoms with van der Waals surface area (Å²) < 4.78 is 10.5. The van der Waals surface area contributed by atoms with E-state index < -0.39 is 0 Å². The van der Waals surface area contributed by atoms with Gasteiger partial charge in [-0.15, -0.1) is 0 Å². The van der Waals surface area contributed by atoms with Crippen LogP contribution in [0.5, 0.6) is 11.5 Å². The molecule has 0 unspecified atom stereocenters. The van der Waals surface area contributed by atoms with E-state index in [1.807, 2.05) is 25.1 Å². The highest BCUT2D eigenvalue weighted by Crippen LogP contribution is 2.31. The van der Waals surface area contributed by atoms with Gasteiger partial charge in [0.2, 0.25) is 0 Å². The first kappa shape index (κ1) is 16.6. The Morgan fingerprint density at radius 2 is 2.00 bits per heavy atom. The van der Waals surface area contributed by atoms with Gasteiger partial charge >= 0.3 is 0 Å². The van der Waals surface area contributed by atoms with Gasteiger partial charge in [0.05, 0.1) is 31.8 Å². The molecule has 0 saturated carbocycles. The normalized spacial score (nSPS) is 10.0. The molecule has 1 aromatic carbocycles. The standard InChI is InChI=1S/C17H21N3O3/c1-4-9-18-17(21)14-7-5-12(11-19-14)20-15-10-13(22-2)6-8-16(15)23-3/h5-8,10-11,20H,4,9H2,1-3H3,(H,18,21). The van der Waals surface area contributed by atoms with E-state index in [0.717, 1.165) is 23.5 Å². The lowest BCUT2D eigenvalue weighted by Gasteiger charge is -2.12. The molecule has 0 aliphatic carbocycles. The number of pyridine rings is 1. The number of nitrogens with one attached hydrogen (secondary N) is 2. The first-order valence-corrected chi connectivity index (χ1v) is 7.41. The second-order valence-electron chi connectivity index (χ2n) is 4.88. The van der Waals surface area contributed by atoms with Gasteiger partial charge in [0.15, 0.2) is 0 Å². The zero-order valence-corrected chi connectivity index (χ0v) is 13.6. The van der Waals surface area contributed by atoms with Crippen LogP contribution in [0.4, 0.5) is 11.4 Å². The van der Waals surface area contributed by atoms with E-state index in [9.17, 15) is 4.79 Å². The van der Waals surface area contributed by atoms with Gasteiger partial charge in [-0.25, -0.2) is 4.98 Å². The molecule has 2 N–H and O–H groups in total. The fourth-order valence-corrected chi connectivity index (χ4v) is 2.00. The number of hydrogen-bond donors (Lipinski definition) is 2. The number of carbonyl (C=O) groups excluding carboxylic acids is 1. The molecule has 0 aliphatic heterocycles. The predicted molar refractivity (Wildman–Crippen MR) is 89.7 cm³/mol. The fraction of sp³-hybridized carbons (Fsp3) is 0.294. The number of hydrogen-bond acceptors (Lipinski definition) is 5. The molecular weight excluding hydrogens is 294 g/mol. The Hall–Kier alpha value is -2.76. The maximum absolute atomic E-state index is 11.8. The first-order valence-electron chi connectivity index (χ1n) is 7.41.